The van der Waals surface area contributed by atoms with Crippen LogP contribution in [0.25, 0.3) is 0 Å². The topological polar surface area (TPSA) is 151 Å². The SMILES string of the molecule is CCCC(OC(=O)C1=CC(C)(C)N([O])C(C)(C)C1)C(=O)N[C@@H]1c2cc3c(cc2[C@@H](c2cc(OC)c(OC)c(OC)c2)[C@H]2C(=O)OC[C@@H]21)OCO3. The van der Waals surface area contributed by atoms with Crippen LogP contribution in [0.1, 0.15) is 82.5 Å². The predicted octanol–water partition coefficient (Wildman–Crippen LogP) is 4.78. The Labute approximate surface area is 291 Å². The van der Waals surface area contributed by atoms with Crippen molar-refractivity contribution in [3.63, 3.8) is 0 Å². The summed E-state index contributed by atoms with van der Waals surface area (Å²) in [6.45, 7) is 9.01. The van der Waals surface area contributed by atoms with E-state index in [1.807, 2.05) is 31.2 Å². The van der Waals surface area contributed by atoms with Gasteiger partial charge in [0.05, 0.1) is 45.4 Å². The van der Waals surface area contributed by atoms with Gasteiger partial charge in [0.25, 0.3) is 5.91 Å². The lowest BCUT2D eigenvalue weighted by molar-refractivity contribution is -0.263. The molecule has 0 bridgehead atoms. The molecule has 6 rings (SSSR count). The third-order valence-electron chi connectivity index (χ3n) is 10.1. The van der Waals surface area contributed by atoms with Crippen molar-refractivity contribution in [2.45, 2.75) is 83.0 Å². The summed E-state index contributed by atoms with van der Waals surface area (Å²) >= 11 is 0. The van der Waals surface area contributed by atoms with Crippen LogP contribution in [-0.4, -0.2) is 74.8 Å². The zero-order valence-electron chi connectivity index (χ0n) is 29.7. The normalized spacial score (nSPS) is 25.0. The number of hydroxylamine groups is 2. The van der Waals surface area contributed by atoms with Gasteiger partial charge < -0.3 is 38.5 Å². The Bertz CT molecular complexity index is 1690. The minimum Gasteiger partial charge on any atom is -0.493 e. The highest BCUT2D eigenvalue weighted by molar-refractivity contribution is 5.92. The first-order valence-electron chi connectivity index (χ1n) is 16.8. The molecule has 13 nitrogen and oxygen atoms in total. The number of rotatable bonds is 10. The molecule has 2 aromatic rings. The van der Waals surface area contributed by atoms with Crippen LogP contribution >= 0.6 is 0 Å². The number of methoxy groups -OCH3 is 3. The van der Waals surface area contributed by atoms with Gasteiger partial charge in [-0.1, -0.05) is 19.4 Å². The molecule has 1 saturated heterocycles. The van der Waals surface area contributed by atoms with Gasteiger partial charge in [0, 0.05) is 22.9 Å². The first kappa shape index (κ1) is 35.3. The molecule has 4 aliphatic rings. The highest BCUT2D eigenvalue weighted by atomic mass is 16.7. The fourth-order valence-electron chi connectivity index (χ4n) is 7.97. The molecule has 1 amide bonds. The Balaban J connectivity index is 1.37. The molecular weight excluding hydrogens is 648 g/mol. The number of hydrogen-bond acceptors (Lipinski definition) is 11. The summed E-state index contributed by atoms with van der Waals surface area (Å²) in [5, 5.41) is 17.0. The molecule has 1 aliphatic carbocycles. The maximum atomic E-state index is 14.1. The summed E-state index contributed by atoms with van der Waals surface area (Å²) in [5.74, 6) is -0.976. The monoisotopic (exact) mass is 693 g/mol. The van der Waals surface area contributed by atoms with Crippen LogP contribution in [0.5, 0.6) is 28.7 Å². The summed E-state index contributed by atoms with van der Waals surface area (Å²) < 4.78 is 39.9. The largest absolute Gasteiger partial charge is 0.493 e. The number of nitrogens with one attached hydrogen (secondary N) is 1. The summed E-state index contributed by atoms with van der Waals surface area (Å²) in [5.41, 5.74) is 0.743. The van der Waals surface area contributed by atoms with Crippen molar-refractivity contribution >= 4 is 17.8 Å². The number of ether oxygens (including phenoxy) is 7. The van der Waals surface area contributed by atoms with E-state index in [9.17, 15) is 19.6 Å². The van der Waals surface area contributed by atoms with Crippen molar-refractivity contribution in [3.05, 3.63) is 52.6 Å². The van der Waals surface area contributed by atoms with Crippen LogP contribution in [0.2, 0.25) is 0 Å². The molecule has 2 aromatic carbocycles. The van der Waals surface area contributed by atoms with Crippen molar-refractivity contribution in [3.8, 4) is 28.7 Å². The summed E-state index contributed by atoms with van der Waals surface area (Å²) in [7, 11) is 4.57. The highest BCUT2D eigenvalue weighted by Crippen LogP contribution is 2.55. The zero-order chi connectivity index (χ0) is 36.1. The van der Waals surface area contributed by atoms with Crippen LogP contribution in [0.15, 0.2) is 35.9 Å². The maximum Gasteiger partial charge on any atom is 0.334 e. The number of fused-ring (bicyclic) bond motifs is 3. The van der Waals surface area contributed by atoms with Gasteiger partial charge in [-0.25, -0.2) is 4.79 Å². The van der Waals surface area contributed by atoms with E-state index >= 15 is 0 Å². The van der Waals surface area contributed by atoms with Crippen LogP contribution in [0.4, 0.5) is 0 Å². The van der Waals surface area contributed by atoms with E-state index in [0.717, 1.165) is 21.8 Å². The lowest BCUT2D eigenvalue weighted by atomic mass is 9.65. The number of hydrogen-bond donors (Lipinski definition) is 1. The van der Waals surface area contributed by atoms with E-state index in [1.165, 1.54) is 21.3 Å². The minimum absolute atomic E-state index is 0.0289. The Hall–Kier alpha value is -4.49. The molecule has 13 heteroatoms. The van der Waals surface area contributed by atoms with Gasteiger partial charge in [0.1, 0.15) is 0 Å². The molecule has 1 N–H and O–H groups in total. The van der Waals surface area contributed by atoms with Gasteiger partial charge in [-0.15, -0.1) is 10.3 Å². The molecule has 50 heavy (non-hydrogen) atoms. The van der Waals surface area contributed by atoms with Crippen LogP contribution in [0.3, 0.4) is 0 Å². The zero-order valence-corrected chi connectivity index (χ0v) is 29.7. The highest BCUT2D eigenvalue weighted by Gasteiger charge is 2.53. The first-order chi connectivity index (χ1) is 23.7. The molecule has 3 heterocycles. The summed E-state index contributed by atoms with van der Waals surface area (Å²) in [6.07, 6.45) is 1.50. The smallest absolute Gasteiger partial charge is 0.334 e. The van der Waals surface area contributed by atoms with E-state index in [1.54, 1.807) is 33.8 Å². The summed E-state index contributed by atoms with van der Waals surface area (Å²) in [4.78, 5) is 41.3. The number of cyclic esters (lactones) is 1. The number of benzene rings is 2. The fourth-order valence-corrected chi connectivity index (χ4v) is 7.97. The molecule has 269 valence electrons. The molecule has 1 radical (unpaired) electrons. The first-order valence-corrected chi connectivity index (χ1v) is 16.8. The predicted molar refractivity (Wildman–Crippen MR) is 178 cm³/mol. The molecule has 0 aromatic heterocycles. The van der Waals surface area contributed by atoms with E-state index in [4.69, 9.17) is 33.2 Å². The fraction of sp³-hybridized carbons (Fsp3) is 0.541. The number of carbonyl (C=O) groups excluding carboxylic acids is 3. The minimum atomic E-state index is -1.12. The number of nitrogens with zero attached hydrogens (tertiary/aromatic N) is 1. The van der Waals surface area contributed by atoms with Gasteiger partial charge in [0.15, 0.2) is 29.1 Å². The third kappa shape index (κ3) is 6.10. The number of amides is 1. The quantitative estimate of drug-likeness (QED) is 0.343. The molecular formula is C37H45N2O11. The Morgan fingerprint density at radius 3 is 2.18 bits per heavy atom. The van der Waals surface area contributed by atoms with Crippen LogP contribution in [0, 0.1) is 11.8 Å². The molecule has 3 aliphatic heterocycles. The van der Waals surface area contributed by atoms with Gasteiger partial charge in [-0.3, -0.25) is 9.59 Å². The van der Waals surface area contributed by atoms with Crippen LogP contribution < -0.4 is 29.0 Å². The van der Waals surface area contributed by atoms with E-state index in [2.05, 4.69) is 5.32 Å². The van der Waals surface area contributed by atoms with Crippen molar-refractivity contribution in [1.29, 1.82) is 0 Å². The number of esters is 2. The van der Waals surface area contributed by atoms with Crippen LogP contribution in [-0.2, 0) is 29.1 Å². The molecule has 0 saturated carbocycles. The number of carbonyl (C=O) groups is 3. The van der Waals surface area contributed by atoms with Crippen molar-refractivity contribution in [1.82, 2.24) is 10.4 Å². The standard InChI is InChI=1S/C37H45N2O11/c1-9-10-24(50-34(41)20-15-36(2,3)39(43)37(4,5)16-20)33(40)38-31-22-14-26-25(48-18-49-26)13-21(22)29(30-23(31)17-47-35(30)42)19-11-27(44-6)32(46-8)28(12-19)45-7/h11-15,23-24,29-31H,9-10,16-18H2,1-8H3,(H,38,40)/t23-,24?,29+,30-,31+/m0/s1. The Morgan fingerprint density at radius 2 is 1.60 bits per heavy atom. The molecule has 1 fully saturated rings. The lowest BCUT2D eigenvalue weighted by Crippen LogP contribution is -2.55. The van der Waals surface area contributed by atoms with Gasteiger partial charge in [-0.2, -0.15) is 0 Å². The van der Waals surface area contributed by atoms with E-state index < -0.39 is 58.8 Å². The van der Waals surface area contributed by atoms with Gasteiger partial charge in [0.2, 0.25) is 12.5 Å². The van der Waals surface area contributed by atoms with Crippen molar-refractivity contribution in [2.24, 2.45) is 11.8 Å². The summed E-state index contributed by atoms with van der Waals surface area (Å²) in [6, 6.07) is 6.61. The molecule has 0 spiro atoms. The van der Waals surface area contributed by atoms with Crippen molar-refractivity contribution in [2.75, 3.05) is 34.7 Å². The van der Waals surface area contributed by atoms with E-state index in [-0.39, 0.29) is 26.2 Å². The second-order valence-electron chi connectivity index (χ2n) is 14.4. The average Bonchev–Trinajstić information content (AvgIpc) is 3.71. The Kier molecular flexibility index (Phi) is 9.42. The molecule has 5 atom stereocenters. The third-order valence-corrected chi connectivity index (χ3v) is 10.1. The average molecular weight is 694 g/mol. The second kappa shape index (κ2) is 13.3. The van der Waals surface area contributed by atoms with E-state index in [0.29, 0.717) is 40.7 Å². The molecule has 1 unspecified atom stereocenters. The maximum absolute atomic E-state index is 14.1. The van der Waals surface area contributed by atoms with Gasteiger partial charge >= 0.3 is 11.9 Å². The van der Waals surface area contributed by atoms with Gasteiger partial charge in [-0.05, 0) is 81.5 Å². The van der Waals surface area contributed by atoms with Crippen molar-refractivity contribution < 1.29 is 52.7 Å². The lowest BCUT2D eigenvalue weighted by Gasteiger charge is -2.44. The Morgan fingerprint density at radius 1 is 0.960 bits per heavy atom. The second-order valence-corrected chi connectivity index (χ2v) is 14.4.